The van der Waals surface area contributed by atoms with E-state index >= 15 is 0 Å². The standard InChI is InChI=1S/C13H11BrClNOS/c1-8-10(3-2-4-11(8)15)13(17)16-7-9-5-6-12(14)18-9/h2-6H,7H2,1H3,(H,16,17). The van der Waals surface area contributed by atoms with Crippen LogP contribution in [-0.2, 0) is 6.54 Å². The van der Waals surface area contributed by atoms with Crippen molar-refractivity contribution < 1.29 is 4.79 Å². The maximum atomic E-state index is 12.0. The van der Waals surface area contributed by atoms with E-state index in [4.69, 9.17) is 11.6 Å². The number of benzene rings is 1. The maximum absolute atomic E-state index is 12.0. The van der Waals surface area contributed by atoms with Crippen LogP contribution < -0.4 is 5.32 Å². The molecule has 1 heterocycles. The van der Waals surface area contributed by atoms with Crippen molar-refractivity contribution in [2.24, 2.45) is 0 Å². The summed E-state index contributed by atoms with van der Waals surface area (Å²) in [5.41, 5.74) is 1.43. The molecule has 0 radical (unpaired) electrons. The Morgan fingerprint density at radius 1 is 1.39 bits per heavy atom. The van der Waals surface area contributed by atoms with Crippen molar-refractivity contribution in [2.45, 2.75) is 13.5 Å². The summed E-state index contributed by atoms with van der Waals surface area (Å²) in [5, 5.41) is 3.50. The van der Waals surface area contributed by atoms with Crippen LogP contribution in [-0.4, -0.2) is 5.91 Å². The molecule has 18 heavy (non-hydrogen) atoms. The van der Waals surface area contributed by atoms with Crippen LogP contribution in [0.5, 0.6) is 0 Å². The topological polar surface area (TPSA) is 29.1 Å². The number of halogens is 2. The molecule has 0 atom stereocenters. The van der Waals surface area contributed by atoms with Gasteiger partial charge in [0, 0.05) is 15.5 Å². The summed E-state index contributed by atoms with van der Waals surface area (Å²) in [5.74, 6) is -0.0977. The zero-order valence-corrected chi connectivity index (χ0v) is 12.8. The van der Waals surface area contributed by atoms with Crippen LogP contribution in [0.15, 0.2) is 34.1 Å². The van der Waals surface area contributed by atoms with Crippen molar-refractivity contribution in [3.63, 3.8) is 0 Å². The third-order valence-electron chi connectivity index (χ3n) is 2.56. The van der Waals surface area contributed by atoms with E-state index in [0.29, 0.717) is 17.1 Å². The van der Waals surface area contributed by atoms with E-state index in [1.165, 1.54) is 0 Å². The number of rotatable bonds is 3. The van der Waals surface area contributed by atoms with Crippen LogP contribution >= 0.6 is 38.9 Å². The van der Waals surface area contributed by atoms with Gasteiger partial charge in [-0.25, -0.2) is 0 Å². The molecule has 94 valence electrons. The van der Waals surface area contributed by atoms with Gasteiger partial charge in [0.2, 0.25) is 0 Å². The van der Waals surface area contributed by atoms with Crippen LogP contribution in [0.1, 0.15) is 20.8 Å². The lowest BCUT2D eigenvalue weighted by atomic mass is 10.1. The summed E-state index contributed by atoms with van der Waals surface area (Å²) in [6.07, 6.45) is 0. The van der Waals surface area contributed by atoms with E-state index in [1.807, 2.05) is 19.1 Å². The van der Waals surface area contributed by atoms with E-state index in [2.05, 4.69) is 21.2 Å². The predicted octanol–water partition coefficient (Wildman–Crippen LogP) is 4.40. The number of hydrogen-bond donors (Lipinski definition) is 1. The van der Waals surface area contributed by atoms with Gasteiger partial charge in [-0.2, -0.15) is 0 Å². The van der Waals surface area contributed by atoms with Gasteiger partial charge in [-0.05, 0) is 52.7 Å². The molecule has 0 aliphatic carbocycles. The Morgan fingerprint density at radius 3 is 2.83 bits per heavy atom. The normalized spacial score (nSPS) is 10.4. The lowest BCUT2D eigenvalue weighted by Gasteiger charge is -2.07. The van der Waals surface area contributed by atoms with Gasteiger partial charge in [0.1, 0.15) is 0 Å². The first-order valence-corrected chi connectivity index (χ1v) is 7.34. The van der Waals surface area contributed by atoms with Crippen molar-refractivity contribution in [1.82, 2.24) is 5.32 Å². The Labute approximate surface area is 123 Å². The van der Waals surface area contributed by atoms with Crippen LogP contribution in [0.2, 0.25) is 5.02 Å². The molecule has 0 unspecified atom stereocenters. The minimum Gasteiger partial charge on any atom is -0.347 e. The Hall–Kier alpha value is -0.840. The molecule has 0 fully saturated rings. The molecule has 0 aliphatic rings. The number of nitrogens with one attached hydrogen (secondary N) is 1. The number of amides is 1. The highest BCUT2D eigenvalue weighted by Crippen LogP contribution is 2.22. The molecule has 1 amide bonds. The van der Waals surface area contributed by atoms with Crippen molar-refractivity contribution in [3.05, 3.63) is 55.1 Å². The third kappa shape index (κ3) is 3.13. The van der Waals surface area contributed by atoms with Crippen molar-refractivity contribution in [3.8, 4) is 0 Å². The molecule has 0 bridgehead atoms. The fourth-order valence-corrected chi connectivity index (χ4v) is 3.16. The Morgan fingerprint density at radius 2 is 2.17 bits per heavy atom. The van der Waals surface area contributed by atoms with E-state index in [9.17, 15) is 4.79 Å². The molecule has 0 saturated heterocycles. The van der Waals surface area contributed by atoms with Gasteiger partial charge < -0.3 is 5.32 Å². The molecule has 1 aromatic heterocycles. The molecule has 1 N–H and O–H groups in total. The average Bonchev–Trinajstić information content (AvgIpc) is 2.76. The zero-order chi connectivity index (χ0) is 13.1. The van der Waals surface area contributed by atoms with Gasteiger partial charge in [0.05, 0.1) is 10.3 Å². The summed E-state index contributed by atoms with van der Waals surface area (Å²) in [4.78, 5) is 13.1. The van der Waals surface area contributed by atoms with Crippen molar-refractivity contribution >= 4 is 44.8 Å². The predicted molar refractivity (Wildman–Crippen MR) is 79.4 cm³/mol. The van der Waals surface area contributed by atoms with E-state index < -0.39 is 0 Å². The molecular weight excluding hydrogens is 334 g/mol. The highest BCUT2D eigenvalue weighted by atomic mass is 79.9. The third-order valence-corrected chi connectivity index (χ3v) is 4.60. The SMILES string of the molecule is Cc1c(Cl)cccc1C(=O)NCc1ccc(Br)s1. The quantitative estimate of drug-likeness (QED) is 0.878. The summed E-state index contributed by atoms with van der Waals surface area (Å²) >= 11 is 11.0. The van der Waals surface area contributed by atoms with Crippen LogP contribution in [0.3, 0.4) is 0 Å². The largest absolute Gasteiger partial charge is 0.347 e. The molecular formula is C13H11BrClNOS. The minimum atomic E-state index is -0.0977. The molecule has 2 rings (SSSR count). The smallest absolute Gasteiger partial charge is 0.251 e. The van der Waals surface area contributed by atoms with Gasteiger partial charge in [0.15, 0.2) is 0 Å². The van der Waals surface area contributed by atoms with Gasteiger partial charge in [-0.15, -0.1) is 11.3 Å². The van der Waals surface area contributed by atoms with Crippen LogP contribution in [0.25, 0.3) is 0 Å². The molecule has 0 aliphatic heterocycles. The summed E-state index contributed by atoms with van der Waals surface area (Å²) in [6, 6.07) is 9.30. The fraction of sp³-hybridized carbons (Fsp3) is 0.154. The van der Waals surface area contributed by atoms with Crippen LogP contribution in [0.4, 0.5) is 0 Å². The summed E-state index contributed by atoms with van der Waals surface area (Å²) in [7, 11) is 0. The minimum absolute atomic E-state index is 0.0977. The number of carbonyl (C=O) groups excluding carboxylic acids is 1. The molecule has 5 heteroatoms. The van der Waals surface area contributed by atoms with Gasteiger partial charge >= 0.3 is 0 Å². The molecule has 2 nitrogen and oxygen atoms in total. The lowest BCUT2D eigenvalue weighted by Crippen LogP contribution is -2.23. The summed E-state index contributed by atoms with van der Waals surface area (Å²) < 4.78 is 1.06. The Balaban J connectivity index is 2.06. The van der Waals surface area contributed by atoms with E-state index in [-0.39, 0.29) is 5.91 Å². The molecule has 1 aromatic carbocycles. The fourth-order valence-electron chi connectivity index (χ4n) is 1.56. The maximum Gasteiger partial charge on any atom is 0.251 e. The van der Waals surface area contributed by atoms with Gasteiger partial charge in [-0.3, -0.25) is 4.79 Å². The lowest BCUT2D eigenvalue weighted by molar-refractivity contribution is 0.0950. The second-order valence-electron chi connectivity index (χ2n) is 3.80. The van der Waals surface area contributed by atoms with Gasteiger partial charge in [0.25, 0.3) is 5.91 Å². The highest BCUT2D eigenvalue weighted by Gasteiger charge is 2.10. The van der Waals surface area contributed by atoms with Crippen molar-refractivity contribution in [1.29, 1.82) is 0 Å². The monoisotopic (exact) mass is 343 g/mol. The van der Waals surface area contributed by atoms with Crippen molar-refractivity contribution in [2.75, 3.05) is 0 Å². The number of hydrogen-bond acceptors (Lipinski definition) is 2. The molecule has 0 spiro atoms. The van der Waals surface area contributed by atoms with E-state index in [1.54, 1.807) is 29.5 Å². The highest BCUT2D eigenvalue weighted by molar-refractivity contribution is 9.11. The van der Waals surface area contributed by atoms with E-state index in [0.717, 1.165) is 14.2 Å². The van der Waals surface area contributed by atoms with Gasteiger partial charge in [-0.1, -0.05) is 17.7 Å². The average molecular weight is 345 g/mol. The second-order valence-corrected chi connectivity index (χ2v) is 6.76. The number of carbonyl (C=O) groups is 1. The Bertz CT molecular complexity index is 582. The number of thiophene rings is 1. The van der Waals surface area contributed by atoms with Crippen LogP contribution in [0, 0.1) is 6.92 Å². The Kier molecular flexibility index (Phi) is 4.43. The molecule has 0 saturated carbocycles. The first-order chi connectivity index (χ1) is 8.58. The summed E-state index contributed by atoms with van der Waals surface area (Å²) in [6.45, 7) is 2.38. The first-order valence-electron chi connectivity index (χ1n) is 5.35. The molecule has 2 aromatic rings. The second kappa shape index (κ2) is 5.87. The first kappa shape index (κ1) is 13.6. The zero-order valence-electron chi connectivity index (χ0n) is 9.67.